The minimum absolute atomic E-state index is 0.0294. The van der Waals surface area contributed by atoms with Crippen LogP contribution in [0.5, 0.6) is 0 Å². The molecule has 0 saturated heterocycles. The molecular weight excluding hydrogens is 372 g/mol. The molecular formula is C22H19ClN4O. The van der Waals surface area contributed by atoms with Gasteiger partial charge in [0, 0.05) is 28.4 Å². The molecule has 0 aliphatic carbocycles. The van der Waals surface area contributed by atoms with Gasteiger partial charge in [0.2, 0.25) is 0 Å². The Morgan fingerprint density at radius 1 is 1.00 bits per heavy atom. The Labute approximate surface area is 168 Å². The highest BCUT2D eigenvalue weighted by Crippen LogP contribution is 2.33. The molecule has 2 heterocycles. The third-order valence-corrected chi connectivity index (χ3v) is 4.65. The molecule has 4 rings (SSSR count). The minimum Gasteiger partial charge on any atom is -0.350 e. The Morgan fingerprint density at radius 2 is 1.71 bits per heavy atom. The van der Waals surface area contributed by atoms with Crippen molar-refractivity contribution < 1.29 is 4.79 Å². The molecule has 0 aliphatic rings. The predicted octanol–water partition coefficient (Wildman–Crippen LogP) is 4.85. The fraction of sp³-hybridized carbons (Fsp3) is 0.136. The zero-order valence-electron chi connectivity index (χ0n) is 15.6. The zero-order chi connectivity index (χ0) is 19.7. The summed E-state index contributed by atoms with van der Waals surface area (Å²) in [4.78, 5) is 17.1. The Hall–Kier alpha value is -3.18. The van der Waals surface area contributed by atoms with Gasteiger partial charge in [0.1, 0.15) is 5.56 Å². The maximum absolute atomic E-state index is 12.6. The molecule has 0 unspecified atom stereocenters. The quantitative estimate of drug-likeness (QED) is 0.541. The van der Waals surface area contributed by atoms with Gasteiger partial charge in [0.05, 0.1) is 11.9 Å². The number of hydrogen-bond donors (Lipinski definition) is 1. The molecule has 0 radical (unpaired) electrons. The van der Waals surface area contributed by atoms with E-state index in [4.69, 9.17) is 11.6 Å². The van der Waals surface area contributed by atoms with Crippen LogP contribution in [0, 0.1) is 0 Å². The molecule has 28 heavy (non-hydrogen) atoms. The van der Waals surface area contributed by atoms with E-state index in [-0.39, 0.29) is 11.9 Å². The SMILES string of the molecule is CC(C)NC(=O)c1cnn2c(-c3ccc(Cl)cc3)c(-c3ccccc3)cnc12. The first-order valence-electron chi connectivity index (χ1n) is 9.03. The van der Waals surface area contributed by atoms with Crippen LogP contribution in [0.3, 0.4) is 0 Å². The van der Waals surface area contributed by atoms with Gasteiger partial charge >= 0.3 is 0 Å². The molecule has 1 amide bonds. The first-order valence-corrected chi connectivity index (χ1v) is 9.41. The molecule has 6 heteroatoms. The molecule has 5 nitrogen and oxygen atoms in total. The van der Waals surface area contributed by atoms with E-state index in [1.165, 1.54) is 0 Å². The average molecular weight is 391 g/mol. The van der Waals surface area contributed by atoms with Gasteiger partial charge in [-0.1, -0.05) is 54.1 Å². The number of halogens is 1. The van der Waals surface area contributed by atoms with Crippen molar-refractivity contribution >= 4 is 23.2 Å². The lowest BCUT2D eigenvalue weighted by atomic mass is 10.0. The third-order valence-electron chi connectivity index (χ3n) is 4.39. The van der Waals surface area contributed by atoms with Crippen molar-refractivity contribution in [1.29, 1.82) is 0 Å². The van der Waals surface area contributed by atoms with E-state index in [1.807, 2.05) is 68.4 Å². The Kier molecular flexibility index (Phi) is 4.84. The van der Waals surface area contributed by atoms with Crippen molar-refractivity contribution in [2.75, 3.05) is 0 Å². The number of fused-ring (bicyclic) bond motifs is 1. The molecule has 0 saturated carbocycles. The summed E-state index contributed by atoms with van der Waals surface area (Å²) in [5.41, 5.74) is 4.71. The van der Waals surface area contributed by atoms with Gasteiger partial charge in [-0.05, 0) is 31.5 Å². The number of nitrogens with one attached hydrogen (secondary N) is 1. The van der Waals surface area contributed by atoms with Crippen LogP contribution < -0.4 is 5.32 Å². The summed E-state index contributed by atoms with van der Waals surface area (Å²) >= 11 is 6.08. The highest BCUT2D eigenvalue weighted by atomic mass is 35.5. The summed E-state index contributed by atoms with van der Waals surface area (Å²) in [6.45, 7) is 3.84. The molecule has 2 aromatic heterocycles. The lowest BCUT2D eigenvalue weighted by Gasteiger charge is -2.13. The average Bonchev–Trinajstić information content (AvgIpc) is 3.12. The minimum atomic E-state index is -0.188. The van der Waals surface area contributed by atoms with E-state index in [0.717, 1.165) is 22.4 Å². The standard InChI is InChI=1S/C22H19ClN4O/c1-14(2)26-22(28)19-13-25-27-20(16-8-10-17(23)11-9-16)18(12-24-21(19)27)15-6-4-3-5-7-15/h3-14H,1-2H3,(H,26,28). The second-order valence-corrected chi connectivity index (χ2v) is 7.25. The molecule has 0 spiro atoms. The van der Waals surface area contributed by atoms with E-state index >= 15 is 0 Å². The van der Waals surface area contributed by atoms with Gasteiger partial charge in [-0.3, -0.25) is 4.79 Å². The Balaban J connectivity index is 1.96. The van der Waals surface area contributed by atoms with Crippen molar-refractivity contribution in [3.05, 3.63) is 77.6 Å². The molecule has 140 valence electrons. The Bertz CT molecular complexity index is 1130. The summed E-state index contributed by atoms with van der Waals surface area (Å²) in [5.74, 6) is -0.188. The summed E-state index contributed by atoms with van der Waals surface area (Å²) in [6.07, 6.45) is 3.36. The van der Waals surface area contributed by atoms with E-state index in [2.05, 4.69) is 15.4 Å². The maximum atomic E-state index is 12.6. The van der Waals surface area contributed by atoms with Gasteiger partial charge in [0.25, 0.3) is 5.91 Å². The number of carbonyl (C=O) groups excluding carboxylic acids is 1. The van der Waals surface area contributed by atoms with Crippen molar-refractivity contribution in [2.24, 2.45) is 0 Å². The molecule has 1 N–H and O–H groups in total. The first-order chi connectivity index (χ1) is 13.5. The molecule has 2 aromatic carbocycles. The Morgan fingerprint density at radius 3 is 2.39 bits per heavy atom. The smallest absolute Gasteiger partial charge is 0.256 e. The second-order valence-electron chi connectivity index (χ2n) is 6.82. The molecule has 0 fully saturated rings. The number of nitrogens with zero attached hydrogens (tertiary/aromatic N) is 3. The number of rotatable bonds is 4. The van der Waals surface area contributed by atoms with Crippen LogP contribution in [-0.4, -0.2) is 26.5 Å². The molecule has 0 aliphatic heterocycles. The van der Waals surface area contributed by atoms with Crippen LogP contribution in [0.4, 0.5) is 0 Å². The maximum Gasteiger partial charge on any atom is 0.256 e. The highest BCUT2D eigenvalue weighted by Gasteiger charge is 2.20. The largest absolute Gasteiger partial charge is 0.350 e. The lowest BCUT2D eigenvalue weighted by Crippen LogP contribution is -2.30. The molecule has 0 atom stereocenters. The fourth-order valence-electron chi connectivity index (χ4n) is 3.15. The highest BCUT2D eigenvalue weighted by molar-refractivity contribution is 6.30. The number of carbonyl (C=O) groups is 1. The van der Waals surface area contributed by atoms with Crippen molar-refractivity contribution in [2.45, 2.75) is 19.9 Å². The van der Waals surface area contributed by atoms with Crippen LogP contribution in [0.25, 0.3) is 28.0 Å². The number of amides is 1. The summed E-state index contributed by atoms with van der Waals surface area (Å²) in [7, 11) is 0. The van der Waals surface area contributed by atoms with Crippen LogP contribution in [0.15, 0.2) is 67.0 Å². The number of hydrogen-bond acceptors (Lipinski definition) is 3. The zero-order valence-corrected chi connectivity index (χ0v) is 16.3. The van der Waals surface area contributed by atoms with Gasteiger partial charge in [-0.2, -0.15) is 5.10 Å². The van der Waals surface area contributed by atoms with Crippen molar-refractivity contribution in [3.63, 3.8) is 0 Å². The topological polar surface area (TPSA) is 59.3 Å². The van der Waals surface area contributed by atoms with E-state index in [0.29, 0.717) is 16.2 Å². The van der Waals surface area contributed by atoms with Gasteiger partial charge in [0.15, 0.2) is 5.65 Å². The van der Waals surface area contributed by atoms with Crippen LogP contribution >= 0.6 is 11.6 Å². The summed E-state index contributed by atoms with van der Waals surface area (Å²) in [6, 6.07) is 17.6. The van der Waals surface area contributed by atoms with Gasteiger partial charge < -0.3 is 5.32 Å². The summed E-state index contributed by atoms with van der Waals surface area (Å²) in [5, 5.41) is 8.05. The lowest BCUT2D eigenvalue weighted by molar-refractivity contribution is 0.0944. The van der Waals surface area contributed by atoms with Gasteiger partial charge in [-0.15, -0.1) is 0 Å². The van der Waals surface area contributed by atoms with E-state index in [9.17, 15) is 4.79 Å². The van der Waals surface area contributed by atoms with E-state index < -0.39 is 0 Å². The number of benzene rings is 2. The van der Waals surface area contributed by atoms with Crippen molar-refractivity contribution in [3.8, 4) is 22.4 Å². The second kappa shape index (κ2) is 7.44. The van der Waals surface area contributed by atoms with Crippen LogP contribution in [0.1, 0.15) is 24.2 Å². The normalized spacial score (nSPS) is 11.1. The predicted molar refractivity (Wildman–Crippen MR) is 111 cm³/mol. The molecule has 4 aromatic rings. The van der Waals surface area contributed by atoms with E-state index in [1.54, 1.807) is 16.9 Å². The first kappa shape index (κ1) is 18.2. The summed E-state index contributed by atoms with van der Waals surface area (Å²) < 4.78 is 1.72. The number of aromatic nitrogens is 3. The fourth-order valence-corrected chi connectivity index (χ4v) is 3.27. The third kappa shape index (κ3) is 3.37. The van der Waals surface area contributed by atoms with Crippen LogP contribution in [-0.2, 0) is 0 Å². The molecule has 0 bridgehead atoms. The monoisotopic (exact) mass is 390 g/mol. The van der Waals surface area contributed by atoms with Gasteiger partial charge in [-0.25, -0.2) is 9.50 Å². The van der Waals surface area contributed by atoms with Crippen molar-refractivity contribution in [1.82, 2.24) is 19.9 Å². The van der Waals surface area contributed by atoms with Crippen LogP contribution in [0.2, 0.25) is 5.02 Å².